The molecule has 120 valence electrons. The number of hydrogen-bond donors (Lipinski definition) is 3. The molecule has 0 saturated carbocycles. The molecule has 0 aliphatic heterocycles. The molecular weight excluding hydrogens is 288 g/mol. The van der Waals surface area contributed by atoms with Crippen LogP contribution in [0.4, 0.5) is 0 Å². The molecule has 2 amide bonds. The number of carboxylic acids is 1. The van der Waals surface area contributed by atoms with E-state index in [-0.39, 0.29) is 31.5 Å². The molecule has 1 rings (SSSR count). The van der Waals surface area contributed by atoms with Crippen LogP contribution in [0.3, 0.4) is 0 Å². The Morgan fingerprint density at radius 3 is 2.50 bits per heavy atom. The third-order valence-electron chi connectivity index (χ3n) is 2.97. The monoisotopic (exact) mass is 308 g/mol. The van der Waals surface area contributed by atoms with Gasteiger partial charge in [0.05, 0.1) is 13.2 Å². The molecule has 0 radical (unpaired) electrons. The summed E-state index contributed by atoms with van der Waals surface area (Å²) in [7, 11) is 0. The fourth-order valence-corrected chi connectivity index (χ4v) is 1.63. The zero-order valence-electron chi connectivity index (χ0n) is 12.6. The molecular formula is C15H20N2O5. The Labute approximate surface area is 128 Å². The molecule has 0 unspecified atom stereocenters. The van der Waals surface area contributed by atoms with Crippen LogP contribution < -0.4 is 10.6 Å². The van der Waals surface area contributed by atoms with Crippen molar-refractivity contribution in [1.82, 2.24) is 10.6 Å². The first-order valence-electron chi connectivity index (χ1n) is 6.82. The normalized spacial score (nSPS) is 10.1. The second kappa shape index (κ2) is 8.78. The first-order valence-corrected chi connectivity index (χ1v) is 6.82. The maximum Gasteiger partial charge on any atom is 0.329 e. The molecule has 0 bridgehead atoms. The predicted octanol–water partition coefficient (Wildman–Crippen LogP) is 0.251. The van der Waals surface area contributed by atoms with Gasteiger partial charge in [0.1, 0.15) is 6.61 Å². The van der Waals surface area contributed by atoms with Gasteiger partial charge in [-0.1, -0.05) is 6.07 Å². The van der Waals surface area contributed by atoms with Crippen molar-refractivity contribution in [3.63, 3.8) is 0 Å². The van der Waals surface area contributed by atoms with E-state index in [2.05, 4.69) is 10.6 Å². The van der Waals surface area contributed by atoms with E-state index in [1.807, 2.05) is 19.9 Å². The van der Waals surface area contributed by atoms with E-state index < -0.39 is 12.6 Å². The smallest absolute Gasteiger partial charge is 0.329 e. The van der Waals surface area contributed by atoms with Gasteiger partial charge in [0.2, 0.25) is 5.91 Å². The first-order chi connectivity index (χ1) is 10.4. The topological polar surface area (TPSA) is 105 Å². The summed E-state index contributed by atoms with van der Waals surface area (Å²) in [6, 6.07) is 5.32. The molecule has 0 atom stereocenters. The van der Waals surface area contributed by atoms with Crippen LogP contribution in [0, 0.1) is 13.8 Å². The minimum atomic E-state index is -1.06. The molecule has 3 N–H and O–H groups in total. The van der Waals surface area contributed by atoms with Crippen LogP contribution in [0.2, 0.25) is 0 Å². The van der Waals surface area contributed by atoms with Crippen molar-refractivity contribution >= 4 is 17.8 Å². The lowest BCUT2D eigenvalue weighted by Gasteiger charge is -2.08. The molecule has 0 aliphatic carbocycles. The Morgan fingerprint density at radius 2 is 1.86 bits per heavy atom. The first kappa shape index (κ1) is 17.6. The molecule has 7 heteroatoms. The lowest BCUT2D eigenvalue weighted by Crippen LogP contribution is -2.38. The number of aliphatic carboxylic acids is 1. The molecule has 0 fully saturated rings. The number of rotatable bonds is 8. The van der Waals surface area contributed by atoms with Gasteiger partial charge in [-0.3, -0.25) is 9.59 Å². The van der Waals surface area contributed by atoms with Crippen LogP contribution in [-0.4, -0.2) is 49.2 Å². The Bertz CT molecular complexity index is 557. The molecule has 0 aliphatic rings. The van der Waals surface area contributed by atoms with Gasteiger partial charge >= 0.3 is 5.97 Å². The summed E-state index contributed by atoms with van der Waals surface area (Å²) in [5.41, 5.74) is 2.60. The minimum absolute atomic E-state index is 0.100. The number of ether oxygens (including phenoxy) is 1. The largest absolute Gasteiger partial charge is 0.480 e. The maximum absolute atomic E-state index is 11.9. The van der Waals surface area contributed by atoms with E-state index >= 15 is 0 Å². The molecule has 0 saturated heterocycles. The summed E-state index contributed by atoms with van der Waals surface area (Å²) in [6.07, 6.45) is 0. The second-order valence-electron chi connectivity index (χ2n) is 4.78. The fourth-order valence-electron chi connectivity index (χ4n) is 1.63. The van der Waals surface area contributed by atoms with Crippen LogP contribution >= 0.6 is 0 Å². The molecule has 22 heavy (non-hydrogen) atoms. The minimum Gasteiger partial charge on any atom is -0.480 e. The highest BCUT2D eigenvalue weighted by atomic mass is 16.5. The second-order valence-corrected chi connectivity index (χ2v) is 4.78. The van der Waals surface area contributed by atoms with Crippen LogP contribution in [0.15, 0.2) is 18.2 Å². The van der Waals surface area contributed by atoms with Crippen LogP contribution in [0.5, 0.6) is 0 Å². The van der Waals surface area contributed by atoms with Gasteiger partial charge in [0, 0.05) is 12.1 Å². The zero-order chi connectivity index (χ0) is 16.5. The van der Waals surface area contributed by atoms with Gasteiger partial charge in [0.15, 0.2) is 0 Å². The van der Waals surface area contributed by atoms with Crippen LogP contribution in [0.25, 0.3) is 0 Å². The van der Waals surface area contributed by atoms with E-state index in [1.165, 1.54) is 0 Å². The highest BCUT2D eigenvalue weighted by Crippen LogP contribution is 2.09. The summed E-state index contributed by atoms with van der Waals surface area (Å²) in [5.74, 6) is -1.75. The number of carboxylic acid groups (broad SMARTS) is 1. The summed E-state index contributed by atoms with van der Waals surface area (Å²) in [6.45, 7) is 3.60. The van der Waals surface area contributed by atoms with Crippen molar-refractivity contribution in [2.45, 2.75) is 13.8 Å². The number of nitrogens with one attached hydrogen (secondary N) is 2. The van der Waals surface area contributed by atoms with Crippen molar-refractivity contribution < 1.29 is 24.2 Å². The number of carbonyl (C=O) groups excluding carboxylic acids is 2. The van der Waals surface area contributed by atoms with Gasteiger partial charge < -0.3 is 20.5 Å². The number of amides is 2. The molecule has 0 spiro atoms. The van der Waals surface area contributed by atoms with Gasteiger partial charge in [-0.25, -0.2) is 4.79 Å². The Balaban J connectivity index is 2.27. The van der Waals surface area contributed by atoms with Crippen molar-refractivity contribution in [3.05, 3.63) is 34.9 Å². The summed E-state index contributed by atoms with van der Waals surface area (Å²) in [5, 5.41) is 13.4. The standard InChI is InChI=1S/C15H20N2O5/c1-10-3-4-12(7-11(10)2)15(21)17-8-13(18)16-5-6-22-9-14(19)20/h3-4,7H,5-6,8-9H2,1-2H3,(H,16,18)(H,17,21)(H,19,20). The lowest BCUT2D eigenvalue weighted by atomic mass is 10.1. The van der Waals surface area contributed by atoms with Crippen molar-refractivity contribution in [1.29, 1.82) is 0 Å². The zero-order valence-corrected chi connectivity index (χ0v) is 12.6. The SMILES string of the molecule is Cc1ccc(C(=O)NCC(=O)NCCOCC(=O)O)cc1C. The van der Waals surface area contributed by atoms with Crippen LogP contribution in [0.1, 0.15) is 21.5 Å². The summed E-state index contributed by atoms with van der Waals surface area (Å²) >= 11 is 0. The van der Waals surface area contributed by atoms with E-state index in [4.69, 9.17) is 9.84 Å². The Morgan fingerprint density at radius 1 is 1.14 bits per heavy atom. The van der Waals surface area contributed by atoms with Gasteiger partial charge in [-0.15, -0.1) is 0 Å². The Kier molecular flexibility index (Phi) is 7.04. The molecule has 1 aromatic carbocycles. The lowest BCUT2D eigenvalue weighted by molar-refractivity contribution is -0.142. The number of hydrogen-bond acceptors (Lipinski definition) is 4. The van der Waals surface area contributed by atoms with E-state index in [0.29, 0.717) is 5.56 Å². The van der Waals surface area contributed by atoms with Crippen molar-refractivity contribution in [3.8, 4) is 0 Å². The highest BCUT2D eigenvalue weighted by molar-refractivity contribution is 5.96. The van der Waals surface area contributed by atoms with Crippen molar-refractivity contribution in [2.75, 3.05) is 26.3 Å². The average Bonchev–Trinajstić information content (AvgIpc) is 2.47. The Hall–Kier alpha value is -2.41. The molecule has 0 aromatic heterocycles. The summed E-state index contributed by atoms with van der Waals surface area (Å²) in [4.78, 5) is 33.6. The van der Waals surface area contributed by atoms with Gasteiger partial charge in [0.25, 0.3) is 5.91 Å². The molecule has 1 aromatic rings. The molecule has 7 nitrogen and oxygen atoms in total. The maximum atomic E-state index is 11.9. The number of carbonyl (C=O) groups is 3. The van der Waals surface area contributed by atoms with Gasteiger partial charge in [-0.2, -0.15) is 0 Å². The summed E-state index contributed by atoms with van der Waals surface area (Å²) < 4.78 is 4.76. The molecule has 0 heterocycles. The number of aryl methyl sites for hydroxylation is 2. The quantitative estimate of drug-likeness (QED) is 0.597. The number of benzene rings is 1. The highest BCUT2D eigenvalue weighted by Gasteiger charge is 2.08. The predicted molar refractivity (Wildman–Crippen MR) is 79.7 cm³/mol. The van der Waals surface area contributed by atoms with E-state index in [9.17, 15) is 14.4 Å². The fraction of sp³-hybridized carbons (Fsp3) is 0.400. The van der Waals surface area contributed by atoms with Gasteiger partial charge in [-0.05, 0) is 37.1 Å². The third-order valence-corrected chi connectivity index (χ3v) is 2.97. The third kappa shape index (κ3) is 6.36. The van der Waals surface area contributed by atoms with Crippen LogP contribution in [-0.2, 0) is 14.3 Å². The van der Waals surface area contributed by atoms with Crippen molar-refractivity contribution in [2.24, 2.45) is 0 Å². The van der Waals surface area contributed by atoms with E-state index in [1.54, 1.807) is 12.1 Å². The van der Waals surface area contributed by atoms with E-state index in [0.717, 1.165) is 11.1 Å². The average molecular weight is 308 g/mol.